The molecule has 2 rings (SSSR count). The molecule has 13 heavy (non-hydrogen) atoms. The first kappa shape index (κ1) is 9.19. The van der Waals surface area contributed by atoms with Crippen LogP contribution in [0, 0.1) is 0 Å². The van der Waals surface area contributed by atoms with Gasteiger partial charge in [-0.2, -0.15) is 0 Å². The van der Waals surface area contributed by atoms with Crippen LogP contribution < -0.4 is 0 Å². The zero-order chi connectivity index (χ0) is 9.42. The normalized spacial score (nSPS) is 10.6. The van der Waals surface area contributed by atoms with Gasteiger partial charge in [0.1, 0.15) is 0 Å². The van der Waals surface area contributed by atoms with E-state index in [0.717, 1.165) is 20.8 Å². The molecule has 0 radical (unpaired) electrons. The Labute approximate surface area is 92.5 Å². The summed E-state index contributed by atoms with van der Waals surface area (Å²) in [4.78, 5) is 11.2. The van der Waals surface area contributed by atoms with Crippen molar-refractivity contribution in [3.63, 3.8) is 0 Å². The highest BCUT2D eigenvalue weighted by Gasteiger charge is 2.08. The quantitative estimate of drug-likeness (QED) is 0.715. The monoisotopic (exact) mass is 274 g/mol. The number of hydrogen-bond donors (Lipinski definition) is 0. The average Bonchev–Trinajstić information content (AvgIpc) is 2.44. The predicted octanol–water partition coefficient (Wildman–Crippen LogP) is 4.13. The van der Waals surface area contributed by atoms with Crippen molar-refractivity contribution in [2.75, 3.05) is 0 Å². The van der Waals surface area contributed by atoms with Gasteiger partial charge in [0.15, 0.2) is 6.29 Å². The van der Waals surface area contributed by atoms with Gasteiger partial charge in [-0.1, -0.05) is 27.5 Å². The lowest BCUT2D eigenvalue weighted by Crippen LogP contribution is -1.69. The Hall–Kier alpha value is -0.380. The summed E-state index contributed by atoms with van der Waals surface area (Å²) in [6, 6.07) is 5.80. The molecule has 0 aliphatic rings. The van der Waals surface area contributed by atoms with E-state index in [1.54, 1.807) is 0 Å². The highest BCUT2D eigenvalue weighted by atomic mass is 79.9. The number of aldehydes is 1. The summed E-state index contributed by atoms with van der Waals surface area (Å²) in [5.41, 5.74) is 0. The van der Waals surface area contributed by atoms with Crippen LogP contribution in [-0.2, 0) is 0 Å². The van der Waals surface area contributed by atoms with Crippen molar-refractivity contribution in [2.45, 2.75) is 0 Å². The fourth-order valence-corrected chi connectivity index (χ4v) is 2.76. The average molecular weight is 276 g/mol. The van der Waals surface area contributed by atoms with Crippen molar-refractivity contribution in [3.05, 3.63) is 32.6 Å². The van der Waals surface area contributed by atoms with Crippen molar-refractivity contribution in [1.82, 2.24) is 0 Å². The lowest BCUT2D eigenvalue weighted by Gasteiger charge is -1.90. The smallest absolute Gasteiger partial charge is 0.161 e. The van der Waals surface area contributed by atoms with Crippen molar-refractivity contribution in [2.24, 2.45) is 0 Å². The number of thiophene rings is 1. The molecule has 0 N–H and O–H groups in total. The second kappa shape index (κ2) is 3.40. The number of fused-ring (bicyclic) bond motifs is 1. The Kier molecular flexibility index (Phi) is 2.41. The molecule has 1 aromatic carbocycles. The third-order valence-electron chi connectivity index (χ3n) is 1.72. The molecule has 0 bridgehead atoms. The molecule has 1 nitrogen and oxygen atoms in total. The van der Waals surface area contributed by atoms with Crippen molar-refractivity contribution in [3.8, 4) is 0 Å². The van der Waals surface area contributed by atoms with E-state index in [1.807, 2.05) is 18.2 Å². The lowest BCUT2D eigenvalue weighted by atomic mass is 10.2. The fraction of sp³-hybridized carbons (Fsp3) is 0. The zero-order valence-corrected chi connectivity index (χ0v) is 9.54. The first-order valence-electron chi connectivity index (χ1n) is 3.55. The summed E-state index contributed by atoms with van der Waals surface area (Å²) < 4.78 is 2.01. The second-order valence-electron chi connectivity index (χ2n) is 2.54. The van der Waals surface area contributed by atoms with Crippen LogP contribution in [0.1, 0.15) is 9.67 Å². The van der Waals surface area contributed by atoms with Crippen LogP contribution in [0.25, 0.3) is 10.1 Å². The SMILES string of the molecule is O=Cc1sc2ccc(Br)cc2c1Cl. The molecule has 66 valence electrons. The summed E-state index contributed by atoms with van der Waals surface area (Å²) >= 11 is 10.8. The van der Waals surface area contributed by atoms with Gasteiger partial charge in [0.05, 0.1) is 9.90 Å². The number of hydrogen-bond acceptors (Lipinski definition) is 2. The van der Waals surface area contributed by atoms with Gasteiger partial charge in [0.2, 0.25) is 0 Å². The topological polar surface area (TPSA) is 17.1 Å². The highest BCUT2D eigenvalue weighted by molar-refractivity contribution is 9.10. The standard InChI is InChI=1S/C9H4BrClOS/c10-5-1-2-7-6(3-5)9(11)8(4-12)13-7/h1-4H. The molecule has 4 heteroatoms. The molecule has 0 saturated carbocycles. The van der Waals surface area contributed by atoms with E-state index in [9.17, 15) is 4.79 Å². The Morgan fingerprint density at radius 3 is 2.92 bits per heavy atom. The van der Waals surface area contributed by atoms with Crippen LogP contribution >= 0.6 is 38.9 Å². The Morgan fingerprint density at radius 1 is 1.46 bits per heavy atom. The molecule has 1 aromatic heterocycles. The van der Waals surface area contributed by atoms with Crippen molar-refractivity contribution < 1.29 is 4.79 Å². The third kappa shape index (κ3) is 1.52. The molecule has 0 unspecified atom stereocenters. The van der Waals surface area contributed by atoms with E-state index < -0.39 is 0 Å². The maximum atomic E-state index is 10.6. The van der Waals surface area contributed by atoms with E-state index in [1.165, 1.54) is 11.3 Å². The number of carbonyl (C=O) groups is 1. The Bertz CT molecular complexity index is 478. The van der Waals surface area contributed by atoms with Gasteiger partial charge in [0.25, 0.3) is 0 Å². The number of benzene rings is 1. The van der Waals surface area contributed by atoms with Gasteiger partial charge in [-0.15, -0.1) is 11.3 Å². The first-order valence-corrected chi connectivity index (χ1v) is 5.54. The second-order valence-corrected chi connectivity index (χ2v) is 4.92. The fourth-order valence-electron chi connectivity index (χ4n) is 1.13. The van der Waals surface area contributed by atoms with Crippen molar-refractivity contribution in [1.29, 1.82) is 0 Å². The van der Waals surface area contributed by atoms with Gasteiger partial charge in [-0.3, -0.25) is 4.79 Å². The number of halogens is 2. The Balaban J connectivity index is 2.84. The predicted molar refractivity (Wildman–Crippen MR) is 59.9 cm³/mol. The van der Waals surface area contributed by atoms with Gasteiger partial charge in [0, 0.05) is 14.6 Å². The minimum Gasteiger partial charge on any atom is -0.297 e. The van der Waals surface area contributed by atoms with Gasteiger partial charge in [-0.25, -0.2) is 0 Å². The molecule has 0 aliphatic heterocycles. The number of rotatable bonds is 1. The Morgan fingerprint density at radius 2 is 2.23 bits per heavy atom. The minimum absolute atomic E-state index is 0.552. The summed E-state index contributed by atoms with van der Waals surface area (Å²) in [7, 11) is 0. The molecule has 0 spiro atoms. The molecule has 0 aliphatic carbocycles. The van der Waals surface area contributed by atoms with Crippen LogP contribution in [0.5, 0.6) is 0 Å². The maximum absolute atomic E-state index is 10.6. The summed E-state index contributed by atoms with van der Waals surface area (Å²) in [6.45, 7) is 0. The number of carbonyl (C=O) groups excluding carboxylic acids is 1. The van der Waals surface area contributed by atoms with Crippen LogP contribution in [0.4, 0.5) is 0 Å². The molecule has 0 amide bonds. The maximum Gasteiger partial charge on any atom is 0.161 e. The lowest BCUT2D eigenvalue weighted by molar-refractivity contribution is 0.112. The van der Waals surface area contributed by atoms with Crippen molar-refractivity contribution >= 4 is 55.2 Å². The summed E-state index contributed by atoms with van der Waals surface area (Å²) in [5.74, 6) is 0. The van der Waals surface area contributed by atoms with E-state index in [2.05, 4.69) is 15.9 Å². The van der Waals surface area contributed by atoms with Gasteiger partial charge in [-0.05, 0) is 18.2 Å². The molecule has 0 fully saturated rings. The van der Waals surface area contributed by atoms with E-state index in [0.29, 0.717) is 9.90 Å². The van der Waals surface area contributed by atoms with E-state index in [4.69, 9.17) is 11.6 Å². The van der Waals surface area contributed by atoms with Gasteiger partial charge < -0.3 is 0 Å². The molecule has 2 aromatic rings. The highest BCUT2D eigenvalue weighted by Crippen LogP contribution is 2.35. The van der Waals surface area contributed by atoms with E-state index in [-0.39, 0.29) is 0 Å². The molecule has 1 heterocycles. The van der Waals surface area contributed by atoms with Crippen LogP contribution in [0.3, 0.4) is 0 Å². The summed E-state index contributed by atoms with van der Waals surface area (Å²) in [6.07, 6.45) is 0.793. The third-order valence-corrected chi connectivity index (χ3v) is 3.83. The molecule has 0 atom stereocenters. The van der Waals surface area contributed by atoms with Crippen LogP contribution in [-0.4, -0.2) is 6.29 Å². The largest absolute Gasteiger partial charge is 0.297 e. The summed E-state index contributed by atoms with van der Waals surface area (Å²) in [5, 5.41) is 1.49. The van der Waals surface area contributed by atoms with Gasteiger partial charge >= 0.3 is 0 Å². The first-order chi connectivity index (χ1) is 6.22. The van der Waals surface area contributed by atoms with Crippen LogP contribution in [0.15, 0.2) is 22.7 Å². The molecular weight excluding hydrogens is 272 g/mol. The molecule has 0 saturated heterocycles. The van der Waals surface area contributed by atoms with Crippen LogP contribution in [0.2, 0.25) is 5.02 Å². The van der Waals surface area contributed by atoms with E-state index >= 15 is 0 Å². The minimum atomic E-state index is 0.552. The zero-order valence-electron chi connectivity index (χ0n) is 6.38. The molecular formula is C9H4BrClOS.